The van der Waals surface area contributed by atoms with Crippen molar-refractivity contribution < 1.29 is 0 Å². The number of fused-ring (bicyclic) bond motifs is 3. The van der Waals surface area contributed by atoms with E-state index in [2.05, 4.69) is 88.7 Å². The maximum Gasteiger partial charge on any atom is 0.0207 e. The lowest BCUT2D eigenvalue weighted by atomic mass is 9.90. The highest BCUT2D eigenvalue weighted by Crippen LogP contribution is 2.46. The molecule has 0 N–H and O–H groups in total. The van der Waals surface area contributed by atoms with Gasteiger partial charge in [0.25, 0.3) is 0 Å². The first-order valence-corrected chi connectivity index (χ1v) is 8.05. The van der Waals surface area contributed by atoms with Crippen molar-refractivity contribution in [1.82, 2.24) is 0 Å². The van der Waals surface area contributed by atoms with Crippen molar-refractivity contribution >= 4 is 15.9 Å². The highest BCUT2D eigenvalue weighted by Gasteiger charge is 2.28. The quantitative estimate of drug-likeness (QED) is 0.555. The Morgan fingerprint density at radius 3 is 1.81 bits per heavy atom. The molecule has 0 heterocycles. The Kier molecular flexibility index (Phi) is 3.16. The zero-order chi connectivity index (χ0) is 14.2. The summed E-state index contributed by atoms with van der Waals surface area (Å²) in [6.07, 6.45) is 1.04. The average molecular weight is 335 g/mol. The maximum absolute atomic E-state index is 3.68. The number of halogens is 1. The molecule has 0 saturated carbocycles. The standard InChI is InChI=1S/C20H15Br/c21-20-12-6-1-7-14(20)13-19-17-10-4-2-8-15(17)16-9-3-5-11-18(16)19/h1-12,19H,13H2. The van der Waals surface area contributed by atoms with E-state index in [0.717, 1.165) is 6.42 Å². The van der Waals surface area contributed by atoms with E-state index in [0.29, 0.717) is 5.92 Å². The first-order chi connectivity index (χ1) is 10.3. The lowest BCUT2D eigenvalue weighted by Gasteiger charge is -2.14. The van der Waals surface area contributed by atoms with Crippen LogP contribution < -0.4 is 0 Å². The fraction of sp³-hybridized carbons (Fsp3) is 0.100. The summed E-state index contributed by atoms with van der Waals surface area (Å²) in [5.41, 5.74) is 7.06. The van der Waals surface area contributed by atoms with Crippen LogP contribution in [-0.4, -0.2) is 0 Å². The van der Waals surface area contributed by atoms with E-state index in [-0.39, 0.29) is 0 Å². The van der Waals surface area contributed by atoms with E-state index < -0.39 is 0 Å². The molecule has 1 heteroatoms. The SMILES string of the molecule is Brc1ccccc1CC1c2ccccc2-c2ccccc21. The smallest absolute Gasteiger partial charge is 0.0207 e. The van der Waals surface area contributed by atoms with E-state index in [1.165, 1.54) is 32.3 Å². The zero-order valence-corrected chi connectivity index (χ0v) is 13.2. The molecule has 3 aromatic rings. The van der Waals surface area contributed by atoms with E-state index >= 15 is 0 Å². The van der Waals surface area contributed by atoms with Crippen molar-refractivity contribution in [3.05, 3.63) is 94.0 Å². The van der Waals surface area contributed by atoms with Crippen molar-refractivity contribution in [2.75, 3.05) is 0 Å². The number of hydrogen-bond acceptors (Lipinski definition) is 0. The normalized spacial score (nSPS) is 13.0. The van der Waals surface area contributed by atoms with Gasteiger partial charge in [0.15, 0.2) is 0 Å². The fourth-order valence-corrected chi connectivity index (χ4v) is 3.81. The second-order valence-electron chi connectivity index (χ2n) is 5.52. The fourth-order valence-electron chi connectivity index (χ4n) is 3.36. The summed E-state index contributed by atoms with van der Waals surface area (Å²) in [6.45, 7) is 0. The predicted molar refractivity (Wildman–Crippen MR) is 91.6 cm³/mol. The van der Waals surface area contributed by atoms with Gasteiger partial charge in [-0.1, -0.05) is 82.7 Å². The van der Waals surface area contributed by atoms with Gasteiger partial charge in [0.05, 0.1) is 0 Å². The first kappa shape index (κ1) is 12.8. The molecule has 4 rings (SSSR count). The monoisotopic (exact) mass is 334 g/mol. The molecular formula is C20H15Br. The highest BCUT2D eigenvalue weighted by atomic mass is 79.9. The minimum absolute atomic E-state index is 0.455. The molecule has 102 valence electrons. The minimum Gasteiger partial charge on any atom is -0.0619 e. The van der Waals surface area contributed by atoms with Crippen LogP contribution >= 0.6 is 15.9 Å². The lowest BCUT2D eigenvalue weighted by Crippen LogP contribution is -2.01. The molecule has 1 aliphatic rings. The molecule has 0 aliphatic heterocycles. The minimum atomic E-state index is 0.455. The molecule has 1 aliphatic carbocycles. The third kappa shape index (κ3) is 2.13. The second-order valence-corrected chi connectivity index (χ2v) is 6.38. The molecule has 0 amide bonds. The van der Waals surface area contributed by atoms with Gasteiger partial charge in [-0.2, -0.15) is 0 Å². The summed E-state index contributed by atoms with van der Waals surface area (Å²) < 4.78 is 1.20. The summed E-state index contributed by atoms with van der Waals surface area (Å²) in [5, 5.41) is 0. The van der Waals surface area contributed by atoms with Crippen LogP contribution in [0.2, 0.25) is 0 Å². The van der Waals surface area contributed by atoms with Gasteiger partial charge < -0.3 is 0 Å². The molecule has 0 bridgehead atoms. The van der Waals surface area contributed by atoms with Crippen molar-refractivity contribution in [2.45, 2.75) is 12.3 Å². The Hall–Kier alpha value is -1.86. The zero-order valence-electron chi connectivity index (χ0n) is 11.6. The molecule has 0 nitrogen and oxygen atoms in total. The summed E-state index contributed by atoms with van der Waals surface area (Å²) in [7, 11) is 0. The summed E-state index contributed by atoms with van der Waals surface area (Å²) in [6, 6.07) is 26.1. The van der Waals surface area contributed by atoms with E-state index in [1.54, 1.807) is 0 Å². The summed E-state index contributed by atoms with van der Waals surface area (Å²) in [5.74, 6) is 0.455. The van der Waals surface area contributed by atoms with Gasteiger partial charge in [-0.25, -0.2) is 0 Å². The molecule has 0 saturated heterocycles. The van der Waals surface area contributed by atoms with Gasteiger partial charge in [-0.05, 0) is 40.3 Å². The highest BCUT2D eigenvalue weighted by molar-refractivity contribution is 9.10. The number of rotatable bonds is 2. The molecule has 0 radical (unpaired) electrons. The summed E-state index contributed by atoms with van der Waals surface area (Å²) >= 11 is 3.68. The summed E-state index contributed by atoms with van der Waals surface area (Å²) in [4.78, 5) is 0. The predicted octanol–water partition coefficient (Wildman–Crippen LogP) is 5.80. The molecule has 0 spiro atoms. The van der Waals surface area contributed by atoms with Crippen LogP contribution in [0.4, 0.5) is 0 Å². The Labute approximate surface area is 133 Å². The van der Waals surface area contributed by atoms with Crippen molar-refractivity contribution in [1.29, 1.82) is 0 Å². The molecule has 0 unspecified atom stereocenters. The second kappa shape index (κ2) is 5.16. The maximum atomic E-state index is 3.68. The average Bonchev–Trinajstić information content (AvgIpc) is 2.85. The van der Waals surface area contributed by atoms with Crippen molar-refractivity contribution in [3.63, 3.8) is 0 Å². The Balaban J connectivity index is 1.84. The van der Waals surface area contributed by atoms with Gasteiger partial charge in [-0.15, -0.1) is 0 Å². The lowest BCUT2D eigenvalue weighted by molar-refractivity contribution is 0.824. The van der Waals surface area contributed by atoms with E-state index in [1.807, 2.05) is 0 Å². The topological polar surface area (TPSA) is 0 Å². The molecule has 0 aromatic heterocycles. The number of benzene rings is 3. The van der Waals surface area contributed by atoms with Crippen LogP contribution in [0.25, 0.3) is 11.1 Å². The molecule has 21 heavy (non-hydrogen) atoms. The molecule has 3 aromatic carbocycles. The largest absolute Gasteiger partial charge is 0.0619 e. The van der Waals surface area contributed by atoms with Crippen molar-refractivity contribution in [2.24, 2.45) is 0 Å². The van der Waals surface area contributed by atoms with Crippen LogP contribution in [-0.2, 0) is 6.42 Å². The van der Waals surface area contributed by atoms with Crippen molar-refractivity contribution in [3.8, 4) is 11.1 Å². The van der Waals surface area contributed by atoms with Gasteiger partial charge in [0.2, 0.25) is 0 Å². The van der Waals surface area contributed by atoms with Crippen LogP contribution in [0.1, 0.15) is 22.6 Å². The molecular weight excluding hydrogens is 320 g/mol. The Bertz CT molecular complexity index is 759. The van der Waals surface area contributed by atoms with E-state index in [4.69, 9.17) is 0 Å². The molecule has 0 fully saturated rings. The van der Waals surface area contributed by atoms with Crippen LogP contribution in [0, 0.1) is 0 Å². The third-order valence-electron chi connectivity index (χ3n) is 4.34. The van der Waals surface area contributed by atoms with Gasteiger partial charge in [0, 0.05) is 10.4 Å². The Morgan fingerprint density at radius 1 is 0.667 bits per heavy atom. The Morgan fingerprint density at radius 2 is 1.19 bits per heavy atom. The third-order valence-corrected chi connectivity index (χ3v) is 5.12. The first-order valence-electron chi connectivity index (χ1n) is 7.26. The van der Waals surface area contributed by atoms with Crippen LogP contribution in [0.3, 0.4) is 0 Å². The van der Waals surface area contributed by atoms with Gasteiger partial charge in [-0.3, -0.25) is 0 Å². The van der Waals surface area contributed by atoms with Gasteiger partial charge in [0.1, 0.15) is 0 Å². The van der Waals surface area contributed by atoms with Crippen LogP contribution in [0.5, 0.6) is 0 Å². The van der Waals surface area contributed by atoms with E-state index in [9.17, 15) is 0 Å². The molecule has 0 atom stereocenters. The van der Waals surface area contributed by atoms with Gasteiger partial charge >= 0.3 is 0 Å². The van der Waals surface area contributed by atoms with Crippen LogP contribution in [0.15, 0.2) is 77.3 Å². The number of hydrogen-bond donors (Lipinski definition) is 0.